The summed E-state index contributed by atoms with van der Waals surface area (Å²) in [6.45, 7) is 0. The lowest BCUT2D eigenvalue weighted by atomic mass is 9.98. The minimum Gasteiger partial charge on any atom is -0.288 e. The summed E-state index contributed by atoms with van der Waals surface area (Å²) in [5, 5.41) is 0. The zero-order valence-electron chi connectivity index (χ0n) is 12.6. The van der Waals surface area contributed by atoms with Crippen molar-refractivity contribution in [3.63, 3.8) is 0 Å². The third kappa shape index (κ3) is 6.31. The second-order valence-corrected chi connectivity index (χ2v) is 5.95. The highest BCUT2D eigenvalue weighted by Crippen LogP contribution is 2.18. The average Bonchev–Trinajstić information content (AvgIpc) is 2.48. The molecule has 20 heavy (non-hydrogen) atoms. The Kier molecular flexibility index (Phi) is 7.36. The molecule has 0 amide bonds. The number of hydrogen-bond donors (Lipinski definition) is 0. The lowest BCUT2D eigenvalue weighted by molar-refractivity contribution is 0.467. The molecule has 2 nitrogen and oxygen atoms in total. The van der Waals surface area contributed by atoms with Crippen LogP contribution in [0, 0.1) is 0 Å². The molecule has 2 heteroatoms. The molecule has 0 bridgehead atoms. The molecule has 0 spiro atoms. The highest BCUT2D eigenvalue weighted by Gasteiger charge is 2.07. The van der Waals surface area contributed by atoms with Gasteiger partial charge in [0.05, 0.1) is 11.7 Å². The van der Waals surface area contributed by atoms with E-state index in [0.29, 0.717) is 6.04 Å². The molecule has 0 N–H and O–H groups in total. The summed E-state index contributed by atoms with van der Waals surface area (Å²) in [6.07, 6.45) is 18.9. The van der Waals surface area contributed by atoms with E-state index in [1.165, 1.54) is 70.6 Å². The third-order valence-electron chi connectivity index (χ3n) is 4.18. The van der Waals surface area contributed by atoms with Gasteiger partial charge in [0, 0.05) is 12.4 Å². The smallest absolute Gasteiger partial charge is 0.0807 e. The first-order valence-corrected chi connectivity index (χ1v) is 8.39. The van der Waals surface area contributed by atoms with Crippen molar-refractivity contribution in [3.8, 4) is 0 Å². The van der Waals surface area contributed by atoms with Crippen LogP contribution in [-0.4, -0.2) is 17.2 Å². The molecule has 1 aliphatic rings. The summed E-state index contributed by atoms with van der Waals surface area (Å²) in [5.41, 5.74) is 0.985. The average molecular weight is 272 g/mol. The highest BCUT2D eigenvalue weighted by atomic mass is 14.8. The van der Waals surface area contributed by atoms with Gasteiger partial charge in [-0.3, -0.25) is 9.98 Å². The maximum absolute atomic E-state index is 4.79. The van der Waals surface area contributed by atoms with Crippen LogP contribution in [0.1, 0.15) is 76.3 Å². The zero-order chi connectivity index (χ0) is 13.9. The van der Waals surface area contributed by atoms with Gasteiger partial charge < -0.3 is 0 Å². The fourth-order valence-electron chi connectivity index (χ4n) is 2.92. The largest absolute Gasteiger partial charge is 0.288 e. The van der Waals surface area contributed by atoms with Crippen LogP contribution in [0.5, 0.6) is 0 Å². The minimum absolute atomic E-state index is 0.511. The van der Waals surface area contributed by atoms with Gasteiger partial charge in [0.15, 0.2) is 0 Å². The van der Waals surface area contributed by atoms with Crippen LogP contribution < -0.4 is 0 Å². The van der Waals surface area contributed by atoms with E-state index in [4.69, 9.17) is 4.99 Å². The molecule has 110 valence electrons. The molecule has 2 rings (SSSR count). The van der Waals surface area contributed by atoms with E-state index < -0.39 is 0 Å². The standard InChI is InChI=1S/C18H28N2/c1-2-4-6-8-12-17(13-9-7-5-3-1)20-16-18-14-10-11-15-19-18/h10-11,14-17H,1-9,12-13H2. The summed E-state index contributed by atoms with van der Waals surface area (Å²) in [4.78, 5) is 9.11. The van der Waals surface area contributed by atoms with E-state index in [9.17, 15) is 0 Å². The molecule has 0 unspecified atom stereocenters. The number of aromatic nitrogens is 1. The molecular weight excluding hydrogens is 244 g/mol. The van der Waals surface area contributed by atoms with Gasteiger partial charge in [-0.15, -0.1) is 0 Å². The van der Waals surface area contributed by atoms with E-state index in [2.05, 4.69) is 4.98 Å². The van der Waals surface area contributed by atoms with Gasteiger partial charge in [-0.25, -0.2) is 0 Å². The lowest BCUT2D eigenvalue weighted by Crippen LogP contribution is -2.06. The molecule has 1 aliphatic carbocycles. The van der Waals surface area contributed by atoms with Gasteiger partial charge in [0.25, 0.3) is 0 Å². The van der Waals surface area contributed by atoms with Crippen LogP contribution in [-0.2, 0) is 0 Å². The van der Waals surface area contributed by atoms with Crippen molar-refractivity contribution >= 4 is 6.21 Å². The van der Waals surface area contributed by atoms with Crippen molar-refractivity contribution in [3.05, 3.63) is 30.1 Å². The second kappa shape index (κ2) is 9.68. The predicted octanol–water partition coefficient (Wildman–Crippen LogP) is 5.17. The van der Waals surface area contributed by atoms with Gasteiger partial charge in [0.2, 0.25) is 0 Å². The molecular formula is C18H28N2. The first-order chi connectivity index (χ1) is 9.95. The number of nitrogens with zero attached hydrogens (tertiary/aromatic N) is 2. The van der Waals surface area contributed by atoms with E-state index in [0.717, 1.165) is 5.69 Å². The maximum atomic E-state index is 4.79. The van der Waals surface area contributed by atoms with Gasteiger partial charge in [0.1, 0.15) is 0 Å². The first kappa shape index (κ1) is 15.2. The lowest BCUT2D eigenvalue weighted by Gasteiger charge is -2.13. The van der Waals surface area contributed by atoms with Crippen molar-refractivity contribution < 1.29 is 0 Å². The Morgan fingerprint density at radius 1 is 0.850 bits per heavy atom. The van der Waals surface area contributed by atoms with Crippen molar-refractivity contribution in [2.45, 2.75) is 76.7 Å². The van der Waals surface area contributed by atoms with Crippen molar-refractivity contribution in [1.82, 2.24) is 4.98 Å². The number of pyridine rings is 1. The summed E-state index contributed by atoms with van der Waals surface area (Å²) in [7, 11) is 0. The molecule has 1 aromatic heterocycles. The fourth-order valence-corrected chi connectivity index (χ4v) is 2.92. The molecule has 0 aromatic carbocycles. The molecule has 1 heterocycles. The Morgan fingerprint density at radius 3 is 2.00 bits per heavy atom. The Bertz CT molecular complexity index is 360. The number of hydrogen-bond acceptors (Lipinski definition) is 2. The maximum Gasteiger partial charge on any atom is 0.0807 e. The second-order valence-electron chi connectivity index (χ2n) is 5.95. The Hall–Kier alpha value is -1.18. The highest BCUT2D eigenvalue weighted by molar-refractivity contribution is 5.76. The van der Waals surface area contributed by atoms with Gasteiger partial charge >= 0.3 is 0 Å². The third-order valence-corrected chi connectivity index (χ3v) is 4.18. The predicted molar refractivity (Wildman–Crippen MR) is 86.4 cm³/mol. The van der Waals surface area contributed by atoms with Crippen molar-refractivity contribution in [1.29, 1.82) is 0 Å². The van der Waals surface area contributed by atoms with Gasteiger partial charge in [-0.1, -0.05) is 63.9 Å². The van der Waals surface area contributed by atoms with Crippen molar-refractivity contribution in [2.75, 3.05) is 0 Å². The summed E-state index contributed by atoms with van der Waals surface area (Å²) >= 11 is 0. The zero-order valence-corrected chi connectivity index (χ0v) is 12.6. The van der Waals surface area contributed by atoms with E-state index in [1.54, 1.807) is 0 Å². The molecule has 0 radical (unpaired) electrons. The molecule has 0 aliphatic heterocycles. The first-order valence-electron chi connectivity index (χ1n) is 8.39. The van der Waals surface area contributed by atoms with E-state index in [-0.39, 0.29) is 0 Å². The summed E-state index contributed by atoms with van der Waals surface area (Å²) < 4.78 is 0. The monoisotopic (exact) mass is 272 g/mol. The van der Waals surface area contributed by atoms with Crippen molar-refractivity contribution in [2.24, 2.45) is 4.99 Å². The van der Waals surface area contributed by atoms with Gasteiger partial charge in [-0.05, 0) is 25.0 Å². The minimum atomic E-state index is 0.511. The summed E-state index contributed by atoms with van der Waals surface area (Å²) in [5.74, 6) is 0. The Balaban J connectivity index is 1.84. The Labute approximate surface area is 123 Å². The Morgan fingerprint density at radius 2 is 1.45 bits per heavy atom. The van der Waals surface area contributed by atoms with Crippen LogP contribution >= 0.6 is 0 Å². The topological polar surface area (TPSA) is 25.2 Å². The number of rotatable bonds is 2. The molecule has 0 atom stereocenters. The quantitative estimate of drug-likeness (QED) is 0.681. The molecule has 1 saturated carbocycles. The normalized spacial score (nSPS) is 20.4. The van der Waals surface area contributed by atoms with Gasteiger partial charge in [-0.2, -0.15) is 0 Å². The van der Waals surface area contributed by atoms with Crippen LogP contribution in [0.4, 0.5) is 0 Å². The summed E-state index contributed by atoms with van der Waals surface area (Å²) in [6, 6.07) is 6.51. The van der Waals surface area contributed by atoms with Crippen LogP contribution in [0.25, 0.3) is 0 Å². The number of aliphatic imine (C=N–C) groups is 1. The molecule has 1 aromatic rings. The molecule has 1 fully saturated rings. The van der Waals surface area contributed by atoms with E-state index >= 15 is 0 Å². The fraction of sp³-hybridized carbons (Fsp3) is 0.667. The molecule has 0 saturated heterocycles. The van der Waals surface area contributed by atoms with E-state index in [1.807, 2.05) is 30.6 Å². The van der Waals surface area contributed by atoms with Crippen LogP contribution in [0.2, 0.25) is 0 Å². The van der Waals surface area contributed by atoms with Crippen LogP contribution in [0.3, 0.4) is 0 Å². The van der Waals surface area contributed by atoms with Crippen LogP contribution in [0.15, 0.2) is 29.4 Å². The SMILES string of the molecule is C(=NC1CCCCCCCCCCC1)c1ccccn1.